The quantitative estimate of drug-likeness (QED) is 0.781. The molecule has 0 radical (unpaired) electrons. The van der Waals surface area contributed by atoms with Gasteiger partial charge in [-0.2, -0.15) is 0 Å². The third-order valence-corrected chi connectivity index (χ3v) is 4.81. The average Bonchev–Trinajstić information content (AvgIpc) is 3.25. The Hall–Kier alpha value is -2.21. The van der Waals surface area contributed by atoms with E-state index in [-0.39, 0.29) is 29.7 Å². The Balaban J connectivity index is 1.64. The monoisotopic (exact) mass is 328 g/mol. The number of pyridine rings is 1. The van der Waals surface area contributed by atoms with Crippen LogP contribution >= 0.6 is 0 Å². The highest BCUT2D eigenvalue weighted by molar-refractivity contribution is 5.83. The van der Waals surface area contributed by atoms with E-state index in [0.717, 1.165) is 24.9 Å². The van der Waals surface area contributed by atoms with Gasteiger partial charge in [0.15, 0.2) is 0 Å². The number of rotatable bonds is 5. The summed E-state index contributed by atoms with van der Waals surface area (Å²) in [6.45, 7) is 2.06. The summed E-state index contributed by atoms with van der Waals surface area (Å²) in [5.41, 5.74) is 1.11. The second kappa shape index (κ2) is 7.57. The summed E-state index contributed by atoms with van der Waals surface area (Å²) in [5.74, 6) is -0.159. The molecule has 2 N–H and O–H groups in total. The number of allylic oxidation sites excluding steroid dienone is 2. The van der Waals surface area contributed by atoms with Gasteiger partial charge in [-0.15, -0.1) is 0 Å². The van der Waals surface area contributed by atoms with Crippen molar-refractivity contribution in [1.29, 1.82) is 0 Å². The van der Waals surface area contributed by atoms with E-state index >= 15 is 0 Å². The van der Waals surface area contributed by atoms with Gasteiger partial charge in [-0.1, -0.05) is 18.2 Å². The lowest BCUT2D eigenvalue weighted by atomic mass is 10.0. The number of hydrogen-bond donors (Lipinski definition) is 2. The summed E-state index contributed by atoms with van der Waals surface area (Å²) < 4.78 is 0. The zero-order valence-electron chi connectivity index (χ0n) is 13.9. The highest BCUT2D eigenvalue weighted by Crippen LogP contribution is 2.22. The summed E-state index contributed by atoms with van der Waals surface area (Å²) in [6, 6.07) is 3.79. The fourth-order valence-electron chi connectivity index (χ4n) is 3.49. The molecule has 6 heteroatoms. The predicted molar refractivity (Wildman–Crippen MR) is 90.9 cm³/mol. The molecule has 1 aromatic heterocycles. The molecule has 24 heavy (non-hydrogen) atoms. The Kier molecular flexibility index (Phi) is 5.25. The lowest BCUT2D eigenvalue weighted by molar-refractivity contribution is -0.127. The smallest absolute Gasteiger partial charge is 0.226 e. The van der Waals surface area contributed by atoms with Gasteiger partial charge in [0.1, 0.15) is 0 Å². The zero-order valence-corrected chi connectivity index (χ0v) is 13.9. The summed E-state index contributed by atoms with van der Waals surface area (Å²) in [6.07, 6.45) is 9.27. The highest BCUT2D eigenvalue weighted by Gasteiger charge is 2.38. The van der Waals surface area contributed by atoms with Gasteiger partial charge in [-0.05, 0) is 24.5 Å². The Bertz CT molecular complexity index is 609. The van der Waals surface area contributed by atoms with Crippen molar-refractivity contribution in [1.82, 2.24) is 20.5 Å². The van der Waals surface area contributed by atoms with Gasteiger partial charge in [0.05, 0.1) is 12.0 Å². The molecule has 1 aliphatic carbocycles. The number of likely N-dealkylation sites (tertiary alicyclic amines) is 1. The van der Waals surface area contributed by atoms with E-state index in [2.05, 4.69) is 20.5 Å². The molecule has 0 bridgehead atoms. The number of hydrogen-bond acceptors (Lipinski definition) is 4. The van der Waals surface area contributed by atoms with Crippen LogP contribution in [0.25, 0.3) is 0 Å². The van der Waals surface area contributed by atoms with E-state index in [1.54, 1.807) is 13.2 Å². The molecule has 128 valence electrons. The van der Waals surface area contributed by atoms with Gasteiger partial charge in [-0.25, -0.2) is 0 Å². The zero-order chi connectivity index (χ0) is 16.9. The Morgan fingerprint density at radius 3 is 2.71 bits per heavy atom. The number of amides is 2. The molecule has 6 nitrogen and oxygen atoms in total. The van der Waals surface area contributed by atoms with Crippen LogP contribution < -0.4 is 10.6 Å². The molecule has 3 rings (SSSR count). The fraction of sp³-hybridized carbons (Fsp3) is 0.500. The molecule has 0 saturated carbocycles. The first kappa shape index (κ1) is 16.6. The lowest BCUT2D eigenvalue weighted by Gasteiger charge is -2.20. The van der Waals surface area contributed by atoms with Gasteiger partial charge in [0.2, 0.25) is 11.8 Å². The van der Waals surface area contributed by atoms with Crippen LogP contribution in [0.4, 0.5) is 0 Å². The Morgan fingerprint density at radius 1 is 1.25 bits per heavy atom. The Morgan fingerprint density at radius 2 is 2.04 bits per heavy atom. The van der Waals surface area contributed by atoms with E-state index < -0.39 is 0 Å². The van der Waals surface area contributed by atoms with E-state index in [9.17, 15) is 9.59 Å². The lowest BCUT2D eigenvalue weighted by Crippen LogP contribution is -2.47. The summed E-state index contributed by atoms with van der Waals surface area (Å²) in [7, 11) is 1.64. The van der Waals surface area contributed by atoms with Crippen molar-refractivity contribution in [3.8, 4) is 0 Å². The van der Waals surface area contributed by atoms with E-state index in [1.807, 2.05) is 30.5 Å². The largest absolute Gasteiger partial charge is 0.359 e. The summed E-state index contributed by atoms with van der Waals surface area (Å²) >= 11 is 0. The molecule has 0 unspecified atom stereocenters. The summed E-state index contributed by atoms with van der Waals surface area (Å²) in [4.78, 5) is 31.0. The first-order valence-corrected chi connectivity index (χ1v) is 8.45. The maximum atomic E-state index is 12.4. The second-order valence-electron chi connectivity index (χ2n) is 6.53. The van der Waals surface area contributed by atoms with Crippen LogP contribution in [0.2, 0.25) is 0 Å². The van der Waals surface area contributed by atoms with Crippen LogP contribution in [0.1, 0.15) is 18.4 Å². The number of nitrogens with zero attached hydrogens (tertiary/aromatic N) is 2. The van der Waals surface area contributed by atoms with E-state index in [4.69, 9.17) is 0 Å². The minimum absolute atomic E-state index is 0.0152. The van der Waals surface area contributed by atoms with E-state index in [0.29, 0.717) is 13.1 Å². The van der Waals surface area contributed by atoms with Gasteiger partial charge in [0.25, 0.3) is 0 Å². The molecule has 1 aromatic rings. The topological polar surface area (TPSA) is 74.3 Å². The highest BCUT2D eigenvalue weighted by atomic mass is 16.2. The van der Waals surface area contributed by atoms with Crippen molar-refractivity contribution in [3.63, 3.8) is 0 Å². The normalized spacial score (nSPS) is 24.2. The van der Waals surface area contributed by atoms with E-state index in [1.165, 1.54) is 0 Å². The van der Waals surface area contributed by atoms with Crippen molar-refractivity contribution in [2.24, 2.45) is 11.8 Å². The van der Waals surface area contributed by atoms with Gasteiger partial charge >= 0.3 is 0 Å². The molecule has 0 spiro atoms. The fourth-order valence-corrected chi connectivity index (χ4v) is 3.49. The van der Waals surface area contributed by atoms with Crippen LogP contribution in [-0.4, -0.2) is 47.9 Å². The van der Waals surface area contributed by atoms with Crippen molar-refractivity contribution >= 4 is 11.8 Å². The number of nitrogens with one attached hydrogen (secondary N) is 2. The maximum absolute atomic E-state index is 12.4. The number of carbonyl (C=O) groups excluding carboxylic acids is 2. The van der Waals surface area contributed by atoms with Crippen molar-refractivity contribution in [2.75, 3.05) is 20.1 Å². The molecular formula is C18H24N4O2. The first-order chi connectivity index (χ1) is 11.7. The number of carbonyl (C=O) groups is 2. The van der Waals surface area contributed by atoms with Crippen LogP contribution in [0.3, 0.4) is 0 Å². The third-order valence-electron chi connectivity index (χ3n) is 4.81. The minimum atomic E-state index is -0.218. The van der Waals surface area contributed by atoms with Crippen LogP contribution in [0, 0.1) is 11.8 Å². The third kappa shape index (κ3) is 3.82. The molecule has 1 aliphatic heterocycles. The SMILES string of the molecule is CNC(=O)[C@H]1CN(Cc2cccnc2)C[C@@H]1NC(=O)C1CC=CC1. The van der Waals surface area contributed by atoms with Crippen LogP contribution in [0.5, 0.6) is 0 Å². The predicted octanol–water partition coefficient (Wildman–Crippen LogP) is 0.710. The van der Waals surface area contributed by atoms with Crippen molar-refractivity contribution in [2.45, 2.75) is 25.4 Å². The molecule has 1 fully saturated rings. The van der Waals surface area contributed by atoms with Gasteiger partial charge < -0.3 is 10.6 Å². The Labute approximate surface area is 142 Å². The molecular weight excluding hydrogens is 304 g/mol. The van der Waals surface area contributed by atoms with Crippen molar-refractivity contribution in [3.05, 3.63) is 42.2 Å². The molecule has 2 heterocycles. The van der Waals surface area contributed by atoms with Crippen LogP contribution in [-0.2, 0) is 16.1 Å². The molecule has 2 amide bonds. The molecule has 2 aliphatic rings. The minimum Gasteiger partial charge on any atom is -0.359 e. The van der Waals surface area contributed by atoms with Crippen molar-refractivity contribution < 1.29 is 9.59 Å². The first-order valence-electron chi connectivity index (χ1n) is 8.45. The standard InChI is InChI=1S/C18H24N4O2/c1-19-18(24)15-11-22(10-13-5-4-8-20-9-13)12-16(15)21-17(23)14-6-2-3-7-14/h2-5,8-9,14-16H,6-7,10-12H2,1H3,(H,19,24)(H,21,23)/t15-,16-/m0/s1. The molecule has 0 aromatic carbocycles. The van der Waals surface area contributed by atoms with Crippen LogP contribution in [0.15, 0.2) is 36.7 Å². The second-order valence-corrected chi connectivity index (χ2v) is 6.53. The van der Waals surface area contributed by atoms with Gasteiger partial charge in [0, 0.05) is 45.0 Å². The number of aromatic nitrogens is 1. The molecule has 2 atom stereocenters. The maximum Gasteiger partial charge on any atom is 0.226 e. The van der Waals surface area contributed by atoms with Gasteiger partial charge in [-0.3, -0.25) is 19.5 Å². The average molecular weight is 328 g/mol. The summed E-state index contributed by atoms with van der Waals surface area (Å²) in [5, 5.41) is 5.83. The molecule has 1 saturated heterocycles.